The Morgan fingerprint density at radius 3 is 2.53 bits per heavy atom. The molecule has 0 aromatic heterocycles. The average Bonchev–Trinajstić information content (AvgIpc) is 3.34. The van der Waals surface area contributed by atoms with Crippen molar-refractivity contribution in [2.75, 3.05) is 37.9 Å². The Morgan fingerprint density at radius 1 is 0.938 bits per heavy atom. The van der Waals surface area contributed by atoms with E-state index >= 15 is 0 Å². The summed E-state index contributed by atoms with van der Waals surface area (Å²) in [5.41, 5.74) is 3.33. The molecule has 0 saturated carbocycles. The van der Waals surface area contributed by atoms with Crippen molar-refractivity contribution < 1.29 is 14.3 Å². The monoisotopic (exact) mass is 448 g/mol. The third kappa shape index (κ3) is 4.31. The number of hydrogen-bond donors (Lipinski definition) is 0. The van der Waals surface area contributed by atoms with Crippen LogP contribution in [0.3, 0.4) is 0 Å². The summed E-state index contributed by atoms with van der Waals surface area (Å²) in [6.45, 7) is 3.92. The fourth-order valence-corrected chi connectivity index (χ4v) is 4.45. The van der Waals surface area contributed by atoms with E-state index < -0.39 is 0 Å². The van der Waals surface area contributed by atoms with E-state index in [4.69, 9.17) is 21.1 Å². The van der Waals surface area contributed by atoms with Gasteiger partial charge in [-0.25, -0.2) is 0 Å². The first-order valence-corrected chi connectivity index (χ1v) is 11.4. The lowest BCUT2D eigenvalue weighted by Gasteiger charge is -2.29. The first-order valence-electron chi connectivity index (χ1n) is 11.0. The molecule has 2 aliphatic heterocycles. The highest BCUT2D eigenvalue weighted by Gasteiger charge is 2.27. The highest BCUT2D eigenvalue weighted by molar-refractivity contribution is 6.32. The molecule has 32 heavy (non-hydrogen) atoms. The number of ether oxygens (including phenoxy) is 2. The summed E-state index contributed by atoms with van der Waals surface area (Å²) < 4.78 is 11.8. The maximum atomic E-state index is 13.1. The fourth-order valence-electron chi connectivity index (χ4n) is 4.22. The molecule has 0 spiro atoms. The van der Waals surface area contributed by atoms with E-state index in [2.05, 4.69) is 4.90 Å². The Kier molecular flexibility index (Phi) is 6.02. The van der Waals surface area contributed by atoms with Crippen LogP contribution in [-0.2, 0) is 0 Å². The van der Waals surface area contributed by atoms with Gasteiger partial charge in [0.25, 0.3) is 5.91 Å². The molecule has 0 N–H and O–H groups in total. The smallest absolute Gasteiger partial charge is 0.264 e. The fraction of sp³-hybridized carbons (Fsp3) is 0.269. The highest BCUT2D eigenvalue weighted by Crippen LogP contribution is 2.35. The number of carbonyl (C=O) groups excluding carboxylic acids is 1. The second-order valence-electron chi connectivity index (χ2n) is 8.10. The SMILES string of the molecule is O=C1c2ccc(-c3ccccc3)cc2OCN1c1ccc(OCCN2CCCC2)c(Cl)c1. The summed E-state index contributed by atoms with van der Waals surface area (Å²) >= 11 is 6.46. The Labute approximate surface area is 193 Å². The normalized spacial score (nSPS) is 16.0. The number of likely N-dealkylation sites (tertiary alicyclic amines) is 1. The number of anilines is 1. The Hall–Kier alpha value is -3.02. The second kappa shape index (κ2) is 9.23. The van der Waals surface area contributed by atoms with Crippen molar-refractivity contribution in [1.82, 2.24) is 4.90 Å². The topological polar surface area (TPSA) is 42.0 Å². The van der Waals surface area contributed by atoms with Crippen molar-refractivity contribution in [2.24, 2.45) is 0 Å². The van der Waals surface area contributed by atoms with Crippen LogP contribution >= 0.6 is 11.6 Å². The van der Waals surface area contributed by atoms with Gasteiger partial charge in [0.1, 0.15) is 18.1 Å². The van der Waals surface area contributed by atoms with Crippen molar-refractivity contribution in [3.8, 4) is 22.6 Å². The van der Waals surface area contributed by atoms with Crippen LogP contribution < -0.4 is 14.4 Å². The average molecular weight is 449 g/mol. The third-order valence-electron chi connectivity index (χ3n) is 6.00. The van der Waals surface area contributed by atoms with Gasteiger partial charge in [0.15, 0.2) is 6.73 Å². The summed E-state index contributed by atoms with van der Waals surface area (Å²) in [6, 6.07) is 21.2. The Morgan fingerprint density at radius 2 is 1.75 bits per heavy atom. The number of fused-ring (bicyclic) bond motifs is 1. The molecule has 6 heteroatoms. The summed E-state index contributed by atoms with van der Waals surface area (Å²) in [7, 11) is 0. The van der Waals surface area contributed by atoms with Crippen LogP contribution in [0.1, 0.15) is 23.2 Å². The lowest BCUT2D eigenvalue weighted by atomic mass is 10.0. The van der Waals surface area contributed by atoms with Crippen LogP contribution in [0.5, 0.6) is 11.5 Å². The Balaban J connectivity index is 1.28. The molecule has 0 unspecified atom stereocenters. The molecule has 1 fully saturated rings. The molecule has 0 radical (unpaired) electrons. The van der Waals surface area contributed by atoms with Crippen molar-refractivity contribution >= 4 is 23.2 Å². The van der Waals surface area contributed by atoms with E-state index in [1.165, 1.54) is 12.8 Å². The molecule has 0 aliphatic carbocycles. The lowest BCUT2D eigenvalue weighted by Crippen LogP contribution is -2.38. The third-order valence-corrected chi connectivity index (χ3v) is 6.30. The number of amides is 1. The zero-order chi connectivity index (χ0) is 21.9. The van der Waals surface area contributed by atoms with E-state index in [1.807, 2.05) is 60.7 Å². The molecule has 0 bridgehead atoms. The zero-order valence-corrected chi connectivity index (χ0v) is 18.6. The molecular weight excluding hydrogens is 424 g/mol. The number of benzene rings is 3. The molecule has 5 nitrogen and oxygen atoms in total. The van der Waals surface area contributed by atoms with Crippen LogP contribution in [0.25, 0.3) is 11.1 Å². The molecular formula is C26H25ClN2O3. The molecule has 1 saturated heterocycles. The van der Waals surface area contributed by atoms with Crippen molar-refractivity contribution in [3.05, 3.63) is 77.3 Å². The van der Waals surface area contributed by atoms with Crippen LogP contribution in [0, 0.1) is 0 Å². The predicted molar refractivity (Wildman–Crippen MR) is 127 cm³/mol. The Bertz CT molecular complexity index is 1110. The van der Waals surface area contributed by atoms with Gasteiger partial charge in [-0.05, 0) is 67.4 Å². The highest BCUT2D eigenvalue weighted by atomic mass is 35.5. The van der Waals surface area contributed by atoms with Gasteiger partial charge < -0.3 is 9.47 Å². The largest absolute Gasteiger partial charge is 0.491 e. The van der Waals surface area contributed by atoms with Gasteiger partial charge in [-0.15, -0.1) is 0 Å². The van der Waals surface area contributed by atoms with Gasteiger partial charge in [0.2, 0.25) is 0 Å². The van der Waals surface area contributed by atoms with Crippen molar-refractivity contribution in [2.45, 2.75) is 12.8 Å². The summed E-state index contributed by atoms with van der Waals surface area (Å²) in [5.74, 6) is 1.12. The summed E-state index contributed by atoms with van der Waals surface area (Å²) in [6.07, 6.45) is 2.52. The number of carbonyl (C=O) groups is 1. The van der Waals surface area contributed by atoms with Crippen LogP contribution in [0.2, 0.25) is 5.02 Å². The van der Waals surface area contributed by atoms with E-state index in [-0.39, 0.29) is 12.6 Å². The first kappa shape index (κ1) is 20.9. The second-order valence-corrected chi connectivity index (χ2v) is 8.50. The number of nitrogens with zero attached hydrogens (tertiary/aromatic N) is 2. The van der Waals surface area contributed by atoms with E-state index in [1.54, 1.807) is 11.0 Å². The number of rotatable bonds is 6. The lowest BCUT2D eigenvalue weighted by molar-refractivity contribution is 0.0937. The van der Waals surface area contributed by atoms with Gasteiger partial charge >= 0.3 is 0 Å². The minimum atomic E-state index is -0.107. The molecule has 2 aliphatic rings. The van der Waals surface area contributed by atoms with E-state index in [0.717, 1.165) is 30.8 Å². The zero-order valence-electron chi connectivity index (χ0n) is 17.8. The summed E-state index contributed by atoms with van der Waals surface area (Å²) in [4.78, 5) is 17.1. The molecule has 3 aromatic rings. The van der Waals surface area contributed by atoms with E-state index in [9.17, 15) is 4.79 Å². The van der Waals surface area contributed by atoms with Crippen LogP contribution in [0.15, 0.2) is 66.7 Å². The number of halogens is 1. The van der Waals surface area contributed by atoms with Crippen LogP contribution in [0.4, 0.5) is 5.69 Å². The first-order chi connectivity index (χ1) is 15.7. The van der Waals surface area contributed by atoms with Gasteiger partial charge in [0.05, 0.1) is 10.6 Å². The summed E-state index contributed by atoms with van der Waals surface area (Å²) in [5, 5.41) is 0.488. The van der Waals surface area contributed by atoms with Gasteiger partial charge in [-0.2, -0.15) is 0 Å². The predicted octanol–water partition coefficient (Wildman–Crippen LogP) is 5.48. The molecule has 164 valence electrons. The van der Waals surface area contributed by atoms with Crippen molar-refractivity contribution in [1.29, 1.82) is 0 Å². The molecule has 2 heterocycles. The maximum absolute atomic E-state index is 13.1. The molecule has 1 amide bonds. The standard InChI is InChI=1S/C26H25ClN2O3/c27-23-17-21(9-11-24(23)31-15-14-28-12-4-5-13-28)29-18-32-25-16-20(8-10-22(25)26(29)30)19-6-2-1-3-7-19/h1-3,6-11,16-17H,4-5,12-15,18H2. The minimum Gasteiger partial charge on any atom is -0.491 e. The molecule has 3 aromatic carbocycles. The quantitative estimate of drug-likeness (QED) is 0.501. The van der Waals surface area contributed by atoms with E-state index in [0.29, 0.717) is 34.4 Å². The minimum absolute atomic E-state index is 0.107. The maximum Gasteiger partial charge on any atom is 0.264 e. The van der Waals surface area contributed by atoms with Gasteiger partial charge in [-0.1, -0.05) is 48.0 Å². The molecule has 0 atom stereocenters. The van der Waals surface area contributed by atoms with Crippen molar-refractivity contribution in [3.63, 3.8) is 0 Å². The van der Waals surface area contributed by atoms with Crippen LogP contribution in [-0.4, -0.2) is 43.8 Å². The van der Waals surface area contributed by atoms with Gasteiger partial charge in [0, 0.05) is 12.2 Å². The number of hydrogen-bond acceptors (Lipinski definition) is 4. The molecule has 5 rings (SSSR count). The van der Waals surface area contributed by atoms with Gasteiger partial charge in [-0.3, -0.25) is 14.6 Å².